The van der Waals surface area contributed by atoms with Crippen LogP contribution in [0, 0.1) is 0 Å². The van der Waals surface area contributed by atoms with Crippen LogP contribution in [0.4, 0.5) is 5.69 Å². The molecule has 0 spiro atoms. The highest BCUT2D eigenvalue weighted by molar-refractivity contribution is 5.48. The van der Waals surface area contributed by atoms with Gasteiger partial charge < -0.3 is 15.2 Å². The van der Waals surface area contributed by atoms with Gasteiger partial charge in [0.25, 0.3) is 0 Å². The lowest BCUT2D eigenvalue weighted by atomic mass is 10.1. The molecular formula is C14H19NO2. The highest BCUT2D eigenvalue weighted by Crippen LogP contribution is 2.23. The fraction of sp³-hybridized carbons (Fsp3) is 0.429. The summed E-state index contributed by atoms with van der Waals surface area (Å²) in [6.45, 7) is 5.22. The molecule has 0 bridgehead atoms. The summed E-state index contributed by atoms with van der Waals surface area (Å²) in [5, 5.41) is 0. The number of benzene rings is 1. The third kappa shape index (κ3) is 3.24. The summed E-state index contributed by atoms with van der Waals surface area (Å²) in [6.07, 6.45) is 5.09. The molecule has 1 saturated heterocycles. The SMILES string of the molecule is C=CCc1cc(N)ccc1OCC1CCCO1. The minimum absolute atomic E-state index is 0.240. The summed E-state index contributed by atoms with van der Waals surface area (Å²) >= 11 is 0. The van der Waals surface area contributed by atoms with Crippen molar-refractivity contribution in [1.82, 2.24) is 0 Å². The van der Waals surface area contributed by atoms with E-state index in [2.05, 4.69) is 6.58 Å². The zero-order valence-electron chi connectivity index (χ0n) is 10.0. The smallest absolute Gasteiger partial charge is 0.123 e. The van der Waals surface area contributed by atoms with Gasteiger partial charge in [0.15, 0.2) is 0 Å². The Morgan fingerprint density at radius 3 is 3.12 bits per heavy atom. The molecule has 1 aromatic carbocycles. The zero-order chi connectivity index (χ0) is 12.1. The van der Waals surface area contributed by atoms with E-state index in [-0.39, 0.29) is 6.10 Å². The Kier molecular flexibility index (Phi) is 4.04. The van der Waals surface area contributed by atoms with Gasteiger partial charge in [-0.15, -0.1) is 6.58 Å². The molecule has 0 radical (unpaired) electrons. The molecule has 2 N–H and O–H groups in total. The minimum atomic E-state index is 0.240. The van der Waals surface area contributed by atoms with Crippen molar-refractivity contribution in [1.29, 1.82) is 0 Å². The largest absolute Gasteiger partial charge is 0.491 e. The molecular weight excluding hydrogens is 214 g/mol. The average molecular weight is 233 g/mol. The van der Waals surface area contributed by atoms with Gasteiger partial charge in [-0.3, -0.25) is 0 Å². The highest BCUT2D eigenvalue weighted by Gasteiger charge is 2.16. The number of nitrogens with two attached hydrogens (primary N) is 1. The average Bonchev–Trinajstić information content (AvgIpc) is 2.81. The Hall–Kier alpha value is -1.48. The fourth-order valence-electron chi connectivity index (χ4n) is 2.01. The van der Waals surface area contributed by atoms with Gasteiger partial charge >= 0.3 is 0 Å². The van der Waals surface area contributed by atoms with E-state index in [1.807, 2.05) is 24.3 Å². The van der Waals surface area contributed by atoms with Crippen LogP contribution in [-0.4, -0.2) is 19.3 Å². The van der Waals surface area contributed by atoms with Gasteiger partial charge in [0.1, 0.15) is 12.4 Å². The summed E-state index contributed by atoms with van der Waals surface area (Å²) in [7, 11) is 0. The third-order valence-corrected chi connectivity index (χ3v) is 2.90. The maximum atomic E-state index is 5.80. The van der Waals surface area contributed by atoms with E-state index in [0.29, 0.717) is 6.61 Å². The molecule has 1 aliphatic rings. The summed E-state index contributed by atoms with van der Waals surface area (Å²) < 4.78 is 11.3. The number of nitrogen functional groups attached to an aromatic ring is 1. The molecule has 92 valence electrons. The predicted octanol–water partition coefficient (Wildman–Crippen LogP) is 2.56. The van der Waals surface area contributed by atoms with Crippen LogP contribution in [-0.2, 0) is 11.2 Å². The maximum Gasteiger partial charge on any atom is 0.123 e. The molecule has 1 fully saturated rings. The molecule has 0 saturated carbocycles. The van der Waals surface area contributed by atoms with Gasteiger partial charge in [0.2, 0.25) is 0 Å². The fourth-order valence-corrected chi connectivity index (χ4v) is 2.01. The van der Waals surface area contributed by atoms with Gasteiger partial charge in [-0.05, 0) is 43.0 Å². The van der Waals surface area contributed by atoms with Crippen LogP contribution < -0.4 is 10.5 Å². The van der Waals surface area contributed by atoms with E-state index >= 15 is 0 Å². The molecule has 1 aliphatic heterocycles. The van der Waals surface area contributed by atoms with Crippen molar-refractivity contribution < 1.29 is 9.47 Å². The number of allylic oxidation sites excluding steroid dienone is 1. The summed E-state index contributed by atoms with van der Waals surface area (Å²) in [5.41, 5.74) is 7.60. The molecule has 17 heavy (non-hydrogen) atoms. The number of hydrogen-bond donors (Lipinski definition) is 1. The van der Waals surface area contributed by atoms with E-state index in [0.717, 1.165) is 42.9 Å². The van der Waals surface area contributed by atoms with Crippen LogP contribution in [0.5, 0.6) is 5.75 Å². The zero-order valence-corrected chi connectivity index (χ0v) is 10.0. The molecule has 3 nitrogen and oxygen atoms in total. The van der Waals surface area contributed by atoms with Gasteiger partial charge in [-0.2, -0.15) is 0 Å². The van der Waals surface area contributed by atoms with Gasteiger partial charge in [-0.1, -0.05) is 6.08 Å². The van der Waals surface area contributed by atoms with Gasteiger partial charge in [-0.25, -0.2) is 0 Å². The first-order chi connectivity index (χ1) is 8.29. The van der Waals surface area contributed by atoms with Crippen LogP contribution in [0.2, 0.25) is 0 Å². The lowest BCUT2D eigenvalue weighted by Crippen LogP contribution is -2.16. The van der Waals surface area contributed by atoms with Crippen molar-refractivity contribution >= 4 is 5.69 Å². The van der Waals surface area contributed by atoms with E-state index in [9.17, 15) is 0 Å². The predicted molar refractivity (Wildman–Crippen MR) is 69.2 cm³/mol. The second-order valence-electron chi connectivity index (χ2n) is 4.31. The van der Waals surface area contributed by atoms with Crippen LogP contribution in [0.25, 0.3) is 0 Å². The first kappa shape index (κ1) is 12.0. The molecule has 0 aliphatic carbocycles. The molecule has 0 aromatic heterocycles. The van der Waals surface area contributed by atoms with Crippen LogP contribution in [0.1, 0.15) is 18.4 Å². The Labute approximate surface area is 102 Å². The van der Waals surface area contributed by atoms with Crippen LogP contribution >= 0.6 is 0 Å². The topological polar surface area (TPSA) is 44.5 Å². The van der Waals surface area contributed by atoms with Crippen molar-refractivity contribution in [2.24, 2.45) is 0 Å². The quantitative estimate of drug-likeness (QED) is 0.628. The Balaban J connectivity index is 2.00. The van der Waals surface area contributed by atoms with Crippen LogP contribution in [0.3, 0.4) is 0 Å². The van der Waals surface area contributed by atoms with Crippen molar-refractivity contribution in [3.63, 3.8) is 0 Å². The van der Waals surface area contributed by atoms with Crippen molar-refractivity contribution in [3.8, 4) is 5.75 Å². The standard InChI is InChI=1S/C14H19NO2/c1-2-4-11-9-12(15)6-7-14(11)17-10-13-5-3-8-16-13/h2,6-7,9,13H,1,3-5,8,10,15H2. The molecule has 2 rings (SSSR count). The number of hydrogen-bond acceptors (Lipinski definition) is 3. The van der Waals surface area contributed by atoms with Crippen molar-refractivity contribution in [3.05, 3.63) is 36.4 Å². The highest BCUT2D eigenvalue weighted by atomic mass is 16.5. The summed E-state index contributed by atoms with van der Waals surface area (Å²) in [4.78, 5) is 0. The van der Waals surface area contributed by atoms with Gasteiger partial charge in [0.05, 0.1) is 6.10 Å². The normalized spacial score (nSPS) is 19.2. The number of ether oxygens (including phenoxy) is 2. The van der Waals surface area contributed by atoms with Crippen molar-refractivity contribution in [2.75, 3.05) is 18.9 Å². The Morgan fingerprint density at radius 2 is 2.41 bits per heavy atom. The minimum Gasteiger partial charge on any atom is -0.491 e. The Bertz CT molecular complexity index is 384. The van der Waals surface area contributed by atoms with Crippen LogP contribution in [0.15, 0.2) is 30.9 Å². The molecule has 1 atom stereocenters. The molecule has 1 aromatic rings. The molecule has 1 heterocycles. The monoisotopic (exact) mass is 233 g/mol. The molecule has 3 heteroatoms. The van der Waals surface area contributed by atoms with Gasteiger partial charge in [0, 0.05) is 12.3 Å². The van der Waals surface area contributed by atoms with Crippen molar-refractivity contribution in [2.45, 2.75) is 25.4 Å². The summed E-state index contributed by atoms with van der Waals surface area (Å²) in [5.74, 6) is 0.884. The van der Waals surface area contributed by atoms with E-state index in [4.69, 9.17) is 15.2 Å². The van der Waals surface area contributed by atoms with E-state index in [1.54, 1.807) is 0 Å². The number of rotatable bonds is 5. The summed E-state index contributed by atoms with van der Waals surface area (Å²) in [6, 6.07) is 5.72. The lowest BCUT2D eigenvalue weighted by Gasteiger charge is -2.14. The lowest BCUT2D eigenvalue weighted by molar-refractivity contribution is 0.0677. The third-order valence-electron chi connectivity index (χ3n) is 2.90. The second-order valence-corrected chi connectivity index (χ2v) is 4.31. The molecule has 1 unspecified atom stereocenters. The molecule has 0 amide bonds. The van der Waals surface area contributed by atoms with E-state index < -0.39 is 0 Å². The number of anilines is 1. The Morgan fingerprint density at radius 1 is 1.53 bits per heavy atom. The first-order valence-electron chi connectivity index (χ1n) is 6.03. The maximum absolute atomic E-state index is 5.80. The first-order valence-corrected chi connectivity index (χ1v) is 6.03. The van der Waals surface area contributed by atoms with E-state index in [1.165, 1.54) is 0 Å². The second kappa shape index (κ2) is 5.73.